The summed E-state index contributed by atoms with van der Waals surface area (Å²) in [6.45, 7) is 6.90. The first-order valence-corrected chi connectivity index (χ1v) is 7.90. The summed E-state index contributed by atoms with van der Waals surface area (Å²) >= 11 is 0. The minimum Gasteiger partial charge on any atom is -0.453 e. The van der Waals surface area contributed by atoms with Crippen molar-refractivity contribution in [2.45, 2.75) is 39.5 Å². The number of hydrogen-bond acceptors (Lipinski definition) is 5. The highest BCUT2D eigenvalue weighted by molar-refractivity contribution is 5.92. The number of methoxy groups -OCH3 is 1. The van der Waals surface area contributed by atoms with Crippen LogP contribution in [-0.2, 0) is 9.53 Å². The Morgan fingerprint density at radius 3 is 2.78 bits per heavy atom. The van der Waals surface area contributed by atoms with E-state index in [0.29, 0.717) is 24.7 Å². The third-order valence-corrected chi connectivity index (χ3v) is 3.86. The van der Waals surface area contributed by atoms with Gasteiger partial charge in [-0.25, -0.2) is 14.8 Å². The average Bonchev–Trinajstić information content (AvgIpc) is 2.53. The maximum atomic E-state index is 12.5. The molecule has 23 heavy (non-hydrogen) atoms. The predicted octanol–water partition coefficient (Wildman–Crippen LogP) is 2.33. The summed E-state index contributed by atoms with van der Waals surface area (Å²) in [6.07, 6.45) is 1.15. The Morgan fingerprint density at radius 2 is 2.13 bits per heavy atom. The van der Waals surface area contributed by atoms with Crippen molar-refractivity contribution in [3.8, 4) is 0 Å². The molecule has 0 aliphatic carbocycles. The molecule has 1 aromatic rings. The highest BCUT2D eigenvalue weighted by Crippen LogP contribution is 2.20. The Hall–Kier alpha value is -2.18. The fourth-order valence-corrected chi connectivity index (χ4v) is 2.63. The standard InChI is InChI=1S/C16H24N4O3/c1-10(2)14-17-11(3)8-13(18-14)19-15(21)12-6-5-7-20(9-12)16(22)23-4/h8,10,12H,5-7,9H2,1-4H3,(H,17,18,19,21). The molecule has 0 spiro atoms. The minimum atomic E-state index is -0.387. The third-order valence-electron chi connectivity index (χ3n) is 3.86. The summed E-state index contributed by atoms with van der Waals surface area (Å²) in [5, 5.41) is 2.86. The second kappa shape index (κ2) is 7.39. The highest BCUT2D eigenvalue weighted by atomic mass is 16.5. The molecular formula is C16H24N4O3. The van der Waals surface area contributed by atoms with E-state index in [-0.39, 0.29) is 23.8 Å². The number of amides is 2. The number of aromatic nitrogens is 2. The zero-order chi connectivity index (χ0) is 17.0. The molecule has 0 aromatic carbocycles. The lowest BCUT2D eigenvalue weighted by Gasteiger charge is -2.30. The second-order valence-electron chi connectivity index (χ2n) is 6.15. The molecule has 0 saturated carbocycles. The normalized spacial score (nSPS) is 18.0. The van der Waals surface area contributed by atoms with Crippen molar-refractivity contribution in [2.75, 3.05) is 25.5 Å². The number of likely N-dealkylation sites (tertiary alicyclic amines) is 1. The number of carbonyl (C=O) groups excluding carboxylic acids is 2. The van der Waals surface area contributed by atoms with Gasteiger partial charge in [0, 0.05) is 30.8 Å². The molecular weight excluding hydrogens is 296 g/mol. The smallest absolute Gasteiger partial charge is 0.409 e. The van der Waals surface area contributed by atoms with Gasteiger partial charge in [-0.1, -0.05) is 13.8 Å². The van der Waals surface area contributed by atoms with Crippen LogP contribution in [0.15, 0.2) is 6.07 Å². The van der Waals surface area contributed by atoms with Crippen molar-refractivity contribution >= 4 is 17.8 Å². The van der Waals surface area contributed by atoms with Crippen LogP contribution in [0.2, 0.25) is 0 Å². The lowest BCUT2D eigenvalue weighted by molar-refractivity contribution is -0.121. The summed E-state index contributed by atoms with van der Waals surface area (Å²) in [5.74, 6) is 1.05. The number of anilines is 1. The maximum absolute atomic E-state index is 12.5. The number of nitrogens with zero attached hydrogens (tertiary/aromatic N) is 3. The Kier molecular flexibility index (Phi) is 5.52. The van der Waals surface area contributed by atoms with Crippen molar-refractivity contribution in [3.63, 3.8) is 0 Å². The van der Waals surface area contributed by atoms with Gasteiger partial charge in [0.25, 0.3) is 0 Å². The van der Waals surface area contributed by atoms with Gasteiger partial charge in [0.1, 0.15) is 11.6 Å². The molecule has 7 nitrogen and oxygen atoms in total. The molecule has 0 bridgehead atoms. The molecule has 1 aliphatic rings. The molecule has 126 valence electrons. The Bertz CT molecular complexity index is 589. The van der Waals surface area contributed by atoms with E-state index in [1.807, 2.05) is 20.8 Å². The summed E-state index contributed by atoms with van der Waals surface area (Å²) in [5.41, 5.74) is 0.818. The third kappa shape index (κ3) is 4.40. The molecule has 1 aromatic heterocycles. The van der Waals surface area contributed by atoms with Gasteiger partial charge in [-0.05, 0) is 19.8 Å². The maximum Gasteiger partial charge on any atom is 0.409 e. The van der Waals surface area contributed by atoms with E-state index in [9.17, 15) is 9.59 Å². The largest absolute Gasteiger partial charge is 0.453 e. The summed E-state index contributed by atoms with van der Waals surface area (Å²) < 4.78 is 4.73. The SMILES string of the molecule is COC(=O)N1CCCC(C(=O)Nc2cc(C)nc(C(C)C)n2)C1. The van der Waals surface area contributed by atoms with E-state index < -0.39 is 0 Å². The number of rotatable bonds is 3. The Balaban J connectivity index is 2.05. The van der Waals surface area contributed by atoms with Crippen LogP contribution in [0, 0.1) is 12.8 Å². The molecule has 2 heterocycles. The summed E-state index contributed by atoms with van der Waals surface area (Å²) in [4.78, 5) is 34.4. The molecule has 7 heteroatoms. The molecule has 1 atom stereocenters. The number of piperidine rings is 1. The number of hydrogen-bond donors (Lipinski definition) is 1. The van der Waals surface area contributed by atoms with Crippen LogP contribution in [0.4, 0.5) is 10.6 Å². The minimum absolute atomic E-state index is 0.119. The van der Waals surface area contributed by atoms with E-state index in [1.165, 1.54) is 7.11 Å². The van der Waals surface area contributed by atoms with Gasteiger partial charge < -0.3 is 15.0 Å². The van der Waals surface area contributed by atoms with E-state index >= 15 is 0 Å². The lowest BCUT2D eigenvalue weighted by Crippen LogP contribution is -2.43. The summed E-state index contributed by atoms with van der Waals surface area (Å²) in [7, 11) is 1.35. The quantitative estimate of drug-likeness (QED) is 0.924. The van der Waals surface area contributed by atoms with E-state index in [2.05, 4.69) is 15.3 Å². The highest BCUT2D eigenvalue weighted by Gasteiger charge is 2.29. The van der Waals surface area contributed by atoms with Gasteiger partial charge in [-0.3, -0.25) is 4.79 Å². The van der Waals surface area contributed by atoms with Crippen LogP contribution in [0.5, 0.6) is 0 Å². The van der Waals surface area contributed by atoms with Crippen molar-refractivity contribution in [1.29, 1.82) is 0 Å². The van der Waals surface area contributed by atoms with E-state index in [0.717, 1.165) is 18.5 Å². The van der Waals surface area contributed by atoms with Gasteiger partial charge in [0.2, 0.25) is 5.91 Å². The van der Waals surface area contributed by atoms with E-state index in [4.69, 9.17) is 4.74 Å². The topological polar surface area (TPSA) is 84.4 Å². The van der Waals surface area contributed by atoms with Gasteiger partial charge in [-0.15, -0.1) is 0 Å². The average molecular weight is 320 g/mol. The van der Waals surface area contributed by atoms with Crippen LogP contribution in [0.3, 0.4) is 0 Å². The monoisotopic (exact) mass is 320 g/mol. The predicted molar refractivity (Wildman–Crippen MR) is 86.2 cm³/mol. The molecule has 0 radical (unpaired) electrons. The van der Waals surface area contributed by atoms with Crippen LogP contribution in [-0.4, -0.2) is 47.1 Å². The number of ether oxygens (including phenoxy) is 1. The number of aryl methyl sites for hydroxylation is 1. The van der Waals surface area contributed by atoms with Crippen molar-refractivity contribution in [3.05, 3.63) is 17.6 Å². The summed E-state index contributed by atoms with van der Waals surface area (Å²) in [6, 6.07) is 1.75. The second-order valence-corrected chi connectivity index (χ2v) is 6.15. The van der Waals surface area contributed by atoms with Gasteiger partial charge >= 0.3 is 6.09 Å². The fraction of sp³-hybridized carbons (Fsp3) is 0.625. The first-order chi connectivity index (χ1) is 10.9. The van der Waals surface area contributed by atoms with Gasteiger partial charge in [-0.2, -0.15) is 0 Å². The molecule has 1 aliphatic heterocycles. The molecule has 1 unspecified atom stereocenters. The Labute approximate surface area is 136 Å². The lowest BCUT2D eigenvalue weighted by atomic mass is 9.97. The molecule has 2 rings (SSSR count). The van der Waals surface area contributed by atoms with Gasteiger partial charge in [0.15, 0.2) is 0 Å². The molecule has 1 saturated heterocycles. The molecule has 1 fully saturated rings. The zero-order valence-corrected chi connectivity index (χ0v) is 14.1. The number of carbonyl (C=O) groups is 2. The first-order valence-electron chi connectivity index (χ1n) is 7.90. The van der Waals surface area contributed by atoms with Crippen LogP contribution in [0.25, 0.3) is 0 Å². The molecule has 2 amide bonds. The number of nitrogens with one attached hydrogen (secondary N) is 1. The van der Waals surface area contributed by atoms with Crippen LogP contribution < -0.4 is 5.32 Å². The van der Waals surface area contributed by atoms with Crippen molar-refractivity contribution in [2.24, 2.45) is 5.92 Å². The molecule has 1 N–H and O–H groups in total. The fourth-order valence-electron chi connectivity index (χ4n) is 2.63. The zero-order valence-electron chi connectivity index (χ0n) is 14.1. The first kappa shape index (κ1) is 17.2. The van der Waals surface area contributed by atoms with Crippen LogP contribution >= 0.6 is 0 Å². The van der Waals surface area contributed by atoms with E-state index in [1.54, 1.807) is 11.0 Å². The Morgan fingerprint density at radius 1 is 1.39 bits per heavy atom. The van der Waals surface area contributed by atoms with Crippen LogP contribution in [0.1, 0.15) is 44.1 Å². The van der Waals surface area contributed by atoms with Crippen molar-refractivity contribution < 1.29 is 14.3 Å². The van der Waals surface area contributed by atoms with Crippen molar-refractivity contribution in [1.82, 2.24) is 14.9 Å². The van der Waals surface area contributed by atoms with Gasteiger partial charge in [0.05, 0.1) is 13.0 Å².